The molecular weight excluding hydrogens is 346 g/mol. The van der Waals surface area contributed by atoms with E-state index < -0.39 is 5.92 Å². The Morgan fingerprint density at radius 1 is 1.15 bits per heavy atom. The van der Waals surface area contributed by atoms with Crippen LogP contribution >= 0.6 is 0 Å². The van der Waals surface area contributed by atoms with Gasteiger partial charge in [0.05, 0.1) is 11.6 Å². The molecule has 0 radical (unpaired) electrons. The maximum Gasteiger partial charge on any atom is 0.231 e. The van der Waals surface area contributed by atoms with E-state index in [-0.39, 0.29) is 25.0 Å². The third-order valence-corrected chi connectivity index (χ3v) is 5.02. The molecule has 5 rings (SSSR count). The van der Waals surface area contributed by atoms with Gasteiger partial charge in [0.25, 0.3) is 0 Å². The number of nitrogens with zero attached hydrogens (tertiary/aromatic N) is 1. The molecule has 1 atom stereocenters. The van der Waals surface area contributed by atoms with Crippen LogP contribution in [0.15, 0.2) is 48.7 Å². The molecule has 0 saturated carbocycles. The number of amides is 2. The highest BCUT2D eigenvalue weighted by atomic mass is 16.7. The Morgan fingerprint density at radius 3 is 2.96 bits per heavy atom. The summed E-state index contributed by atoms with van der Waals surface area (Å²) in [5, 5.41) is 3.91. The van der Waals surface area contributed by atoms with E-state index in [2.05, 4.69) is 10.3 Å². The van der Waals surface area contributed by atoms with Crippen molar-refractivity contribution >= 4 is 34.1 Å². The second kappa shape index (κ2) is 6.05. The predicted octanol–water partition coefficient (Wildman–Crippen LogP) is 2.89. The Hall–Kier alpha value is -3.48. The van der Waals surface area contributed by atoms with Crippen molar-refractivity contribution in [3.05, 3.63) is 48.7 Å². The first-order valence-electron chi connectivity index (χ1n) is 8.76. The largest absolute Gasteiger partial charge is 0.454 e. The zero-order valence-electron chi connectivity index (χ0n) is 14.4. The smallest absolute Gasteiger partial charge is 0.231 e. The zero-order valence-corrected chi connectivity index (χ0v) is 14.4. The minimum absolute atomic E-state index is 0.0751. The van der Waals surface area contributed by atoms with Crippen molar-refractivity contribution in [2.45, 2.75) is 6.42 Å². The summed E-state index contributed by atoms with van der Waals surface area (Å²) < 4.78 is 10.7. The van der Waals surface area contributed by atoms with Crippen LogP contribution in [-0.2, 0) is 9.59 Å². The maximum absolute atomic E-state index is 12.7. The first kappa shape index (κ1) is 15.7. The minimum atomic E-state index is -0.405. The molecule has 2 amide bonds. The Bertz CT molecular complexity index is 1060. The number of benzene rings is 2. The number of hydrogen-bond acceptors (Lipinski definition) is 4. The van der Waals surface area contributed by atoms with E-state index in [0.29, 0.717) is 23.7 Å². The van der Waals surface area contributed by atoms with Crippen LogP contribution in [0.3, 0.4) is 0 Å². The van der Waals surface area contributed by atoms with Gasteiger partial charge in [0.15, 0.2) is 11.5 Å². The summed E-state index contributed by atoms with van der Waals surface area (Å²) in [5.74, 6) is 0.651. The lowest BCUT2D eigenvalue weighted by Gasteiger charge is -2.17. The molecule has 0 bridgehead atoms. The molecule has 2 aromatic carbocycles. The van der Waals surface area contributed by atoms with E-state index in [1.807, 2.05) is 36.5 Å². The minimum Gasteiger partial charge on any atom is -0.454 e. The van der Waals surface area contributed by atoms with E-state index in [1.54, 1.807) is 17.0 Å². The van der Waals surface area contributed by atoms with Crippen LogP contribution in [0, 0.1) is 5.92 Å². The summed E-state index contributed by atoms with van der Waals surface area (Å²) in [6.07, 6.45) is 2.02. The first-order chi connectivity index (χ1) is 13.2. The number of ether oxygens (including phenoxy) is 2. The van der Waals surface area contributed by atoms with Crippen LogP contribution in [-0.4, -0.2) is 30.1 Å². The number of carbonyl (C=O) groups excluding carboxylic acids is 2. The second-order valence-electron chi connectivity index (χ2n) is 6.68. The van der Waals surface area contributed by atoms with Gasteiger partial charge in [-0.15, -0.1) is 0 Å². The third kappa shape index (κ3) is 2.68. The first-order valence-corrected chi connectivity index (χ1v) is 8.76. The van der Waals surface area contributed by atoms with Crippen LogP contribution in [0.5, 0.6) is 11.5 Å². The van der Waals surface area contributed by atoms with Gasteiger partial charge < -0.3 is 24.7 Å². The van der Waals surface area contributed by atoms with Gasteiger partial charge >= 0.3 is 0 Å². The maximum atomic E-state index is 12.7. The lowest BCUT2D eigenvalue weighted by atomic mass is 10.1. The number of rotatable bonds is 3. The number of nitrogens with one attached hydrogen (secondary N) is 2. The van der Waals surface area contributed by atoms with Crippen molar-refractivity contribution in [2.24, 2.45) is 5.92 Å². The van der Waals surface area contributed by atoms with Crippen LogP contribution in [0.1, 0.15) is 6.42 Å². The van der Waals surface area contributed by atoms with Crippen LogP contribution < -0.4 is 19.7 Å². The van der Waals surface area contributed by atoms with Gasteiger partial charge in [0.1, 0.15) is 0 Å². The Labute approximate surface area is 154 Å². The topological polar surface area (TPSA) is 83.7 Å². The molecule has 1 saturated heterocycles. The molecule has 2 aliphatic heterocycles. The third-order valence-electron chi connectivity index (χ3n) is 5.02. The molecule has 7 nitrogen and oxygen atoms in total. The average Bonchev–Trinajstić information content (AvgIpc) is 3.40. The molecule has 136 valence electrons. The fourth-order valence-corrected chi connectivity index (χ4v) is 3.62. The quantitative estimate of drug-likeness (QED) is 0.749. The number of aromatic amines is 1. The molecule has 0 aliphatic carbocycles. The van der Waals surface area contributed by atoms with Gasteiger partial charge in [-0.1, -0.05) is 6.07 Å². The average molecular weight is 363 g/mol. The van der Waals surface area contributed by atoms with Crippen molar-refractivity contribution in [3.63, 3.8) is 0 Å². The van der Waals surface area contributed by atoms with Crippen LogP contribution in [0.4, 0.5) is 11.4 Å². The van der Waals surface area contributed by atoms with Gasteiger partial charge in [0.2, 0.25) is 18.6 Å². The number of aromatic nitrogens is 1. The number of H-pyrrole nitrogens is 1. The van der Waals surface area contributed by atoms with Crippen molar-refractivity contribution in [2.75, 3.05) is 23.6 Å². The normalized spacial score (nSPS) is 18.3. The van der Waals surface area contributed by atoms with E-state index in [4.69, 9.17) is 9.47 Å². The summed E-state index contributed by atoms with van der Waals surface area (Å²) in [6.45, 7) is 0.524. The van der Waals surface area contributed by atoms with Gasteiger partial charge in [-0.2, -0.15) is 0 Å². The molecule has 3 aromatic rings. The highest BCUT2D eigenvalue weighted by Crippen LogP contribution is 2.37. The monoisotopic (exact) mass is 363 g/mol. The number of anilines is 2. The number of fused-ring (bicyclic) bond motifs is 2. The summed E-state index contributed by atoms with van der Waals surface area (Å²) >= 11 is 0. The fourth-order valence-electron chi connectivity index (χ4n) is 3.62. The van der Waals surface area contributed by atoms with Gasteiger partial charge in [-0.3, -0.25) is 9.59 Å². The van der Waals surface area contributed by atoms with E-state index in [9.17, 15) is 9.59 Å². The van der Waals surface area contributed by atoms with Crippen molar-refractivity contribution in [3.8, 4) is 11.5 Å². The standard InChI is InChI=1S/C20H17N3O4/c24-19-8-12(10-23(19)13-4-5-17-18(9-13)27-11-26-17)20(25)22-16-3-1-2-15-14(16)6-7-21-15/h1-7,9,12,21H,8,10-11H2,(H,22,25)/t12-/m1/s1. The summed E-state index contributed by atoms with van der Waals surface area (Å²) in [5.41, 5.74) is 2.41. The predicted molar refractivity (Wildman–Crippen MR) is 100.0 cm³/mol. The molecule has 2 aliphatic rings. The van der Waals surface area contributed by atoms with Crippen molar-refractivity contribution < 1.29 is 19.1 Å². The van der Waals surface area contributed by atoms with Gasteiger partial charge in [0, 0.05) is 41.8 Å². The SMILES string of the molecule is O=C(Nc1cccc2[nH]ccc12)[C@@H]1CC(=O)N(c2ccc3c(c2)OCO3)C1. The fraction of sp³-hybridized carbons (Fsp3) is 0.200. The van der Waals surface area contributed by atoms with Gasteiger partial charge in [-0.25, -0.2) is 0 Å². The number of carbonyl (C=O) groups is 2. The molecular formula is C20H17N3O4. The molecule has 7 heteroatoms. The molecule has 1 fully saturated rings. The van der Waals surface area contributed by atoms with E-state index in [1.165, 1.54) is 0 Å². The van der Waals surface area contributed by atoms with E-state index >= 15 is 0 Å². The van der Waals surface area contributed by atoms with Crippen LogP contribution in [0.2, 0.25) is 0 Å². The Morgan fingerprint density at radius 2 is 2.04 bits per heavy atom. The van der Waals surface area contributed by atoms with Gasteiger partial charge in [-0.05, 0) is 30.3 Å². The lowest BCUT2D eigenvalue weighted by molar-refractivity contribution is -0.122. The van der Waals surface area contributed by atoms with Crippen molar-refractivity contribution in [1.82, 2.24) is 4.98 Å². The highest BCUT2D eigenvalue weighted by molar-refractivity contribution is 6.06. The molecule has 0 spiro atoms. The lowest BCUT2D eigenvalue weighted by Crippen LogP contribution is -2.28. The zero-order chi connectivity index (χ0) is 18.4. The molecule has 0 unspecified atom stereocenters. The molecule has 3 heterocycles. The Kier molecular flexibility index (Phi) is 3.53. The summed E-state index contributed by atoms with van der Waals surface area (Å²) in [6, 6.07) is 13.0. The summed E-state index contributed by atoms with van der Waals surface area (Å²) in [7, 11) is 0. The van der Waals surface area contributed by atoms with Crippen molar-refractivity contribution in [1.29, 1.82) is 0 Å². The molecule has 27 heavy (non-hydrogen) atoms. The molecule has 1 aromatic heterocycles. The van der Waals surface area contributed by atoms with E-state index in [0.717, 1.165) is 16.6 Å². The molecule has 2 N–H and O–H groups in total. The highest BCUT2D eigenvalue weighted by Gasteiger charge is 2.35. The summed E-state index contributed by atoms with van der Waals surface area (Å²) in [4.78, 5) is 30.0. The Balaban J connectivity index is 1.34. The second-order valence-corrected chi connectivity index (χ2v) is 6.68. The number of hydrogen-bond donors (Lipinski definition) is 2. The van der Waals surface area contributed by atoms with Crippen LogP contribution in [0.25, 0.3) is 10.9 Å².